The number of aromatic nitrogens is 1. The Hall–Kier alpha value is -1.15. The monoisotopic (exact) mass is 400 g/mol. The predicted molar refractivity (Wildman–Crippen MR) is 92.0 cm³/mol. The lowest BCUT2D eigenvalue weighted by Crippen LogP contribution is -2.62. The normalized spacial score (nSPS) is 20.8. The van der Waals surface area contributed by atoms with Crippen LogP contribution < -0.4 is 10.7 Å². The largest absolute Gasteiger partial charge is 0.360 e. The maximum atomic E-state index is 11.9. The smallest absolute Gasteiger partial charge is 0.257 e. The molecule has 1 aromatic heterocycles. The molecular weight excluding hydrogens is 388 g/mol. The van der Waals surface area contributed by atoms with Crippen molar-refractivity contribution >= 4 is 49.9 Å². The number of rotatable bonds is 6. The van der Waals surface area contributed by atoms with Gasteiger partial charge in [0.2, 0.25) is 0 Å². The minimum atomic E-state index is -0.513. The summed E-state index contributed by atoms with van der Waals surface area (Å²) in [6.45, 7) is 1.29. The molecule has 5 nitrogen and oxygen atoms in total. The molecule has 3 rings (SSSR count). The first-order valence-electron chi connectivity index (χ1n) is 6.76. The summed E-state index contributed by atoms with van der Waals surface area (Å²) in [5.74, 6) is -0.0937. The number of nitrogens with one attached hydrogen (secondary N) is 2. The molecule has 2 atom stereocenters. The molecule has 1 amide bonds. The second-order valence-electron chi connectivity index (χ2n) is 4.78. The molecule has 22 heavy (non-hydrogen) atoms. The van der Waals surface area contributed by atoms with E-state index in [0.29, 0.717) is 13.1 Å². The highest BCUT2D eigenvalue weighted by atomic mass is 79.9. The van der Waals surface area contributed by atoms with Gasteiger partial charge in [0, 0.05) is 29.1 Å². The minimum Gasteiger partial charge on any atom is -0.360 e. The molecule has 1 saturated heterocycles. The highest BCUT2D eigenvalue weighted by molar-refractivity contribution is 9.10. The molecule has 1 aliphatic heterocycles. The van der Waals surface area contributed by atoms with E-state index in [1.54, 1.807) is 22.5 Å². The van der Waals surface area contributed by atoms with Crippen molar-refractivity contribution in [1.29, 1.82) is 0 Å². The van der Waals surface area contributed by atoms with Crippen LogP contribution in [-0.2, 0) is 4.79 Å². The lowest BCUT2D eigenvalue weighted by atomic mass is 9.95. The molecule has 2 N–H and O–H groups in total. The van der Waals surface area contributed by atoms with E-state index in [1.807, 2.05) is 29.6 Å². The highest BCUT2D eigenvalue weighted by Crippen LogP contribution is 2.37. The van der Waals surface area contributed by atoms with Gasteiger partial charge in [0.25, 0.3) is 5.91 Å². The molecule has 2 unspecified atom stereocenters. The third-order valence-electron chi connectivity index (χ3n) is 3.36. The quantitative estimate of drug-likeness (QED) is 0.444. The van der Waals surface area contributed by atoms with Crippen molar-refractivity contribution in [2.24, 2.45) is 0 Å². The van der Waals surface area contributed by atoms with Crippen LogP contribution >= 0.6 is 38.9 Å². The van der Waals surface area contributed by atoms with Crippen molar-refractivity contribution in [1.82, 2.24) is 15.4 Å². The fourth-order valence-electron chi connectivity index (χ4n) is 2.26. The summed E-state index contributed by atoms with van der Waals surface area (Å²) in [5, 5.41) is 7.06. The number of nitrogens with zero attached hydrogens (tertiary/aromatic N) is 2. The van der Waals surface area contributed by atoms with Crippen LogP contribution in [0, 0.1) is 0 Å². The number of hydrogen-bond donors (Lipinski definition) is 2. The molecule has 1 aliphatic rings. The standard InChI is InChI=1S/C14H14BrClN4OS/c15-10-3-1-9(2-4-10)12-11(16)13(21)20(12)19-6-5-17-14-18-7-8-22-14/h1-4,7-8,11-12,19H,5-6H2,(H,17,18). The summed E-state index contributed by atoms with van der Waals surface area (Å²) in [6.07, 6.45) is 1.75. The Kier molecular flexibility index (Phi) is 4.97. The summed E-state index contributed by atoms with van der Waals surface area (Å²) in [5.41, 5.74) is 4.14. The topological polar surface area (TPSA) is 57.3 Å². The second-order valence-corrected chi connectivity index (χ2v) is 7.06. The van der Waals surface area contributed by atoms with E-state index in [2.05, 4.69) is 31.7 Å². The van der Waals surface area contributed by atoms with Gasteiger partial charge < -0.3 is 5.32 Å². The summed E-state index contributed by atoms with van der Waals surface area (Å²) < 4.78 is 1.00. The molecular formula is C14H14BrClN4OS. The Morgan fingerprint density at radius 1 is 1.32 bits per heavy atom. The molecule has 8 heteroatoms. The molecule has 2 aromatic rings. The second kappa shape index (κ2) is 6.95. The van der Waals surface area contributed by atoms with Crippen LogP contribution in [0.3, 0.4) is 0 Å². The van der Waals surface area contributed by atoms with Crippen LogP contribution in [0.1, 0.15) is 11.6 Å². The van der Waals surface area contributed by atoms with Gasteiger partial charge in [-0.15, -0.1) is 22.9 Å². The van der Waals surface area contributed by atoms with Crippen LogP contribution in [0.2, 0.25) is 0 Å². The number of anilines is 1. The highest BCUT2D eigenvalue weighted by Gasteiger charge is 2.47. The lowest BCUT2D eigenvalue weighted by molar-refractivity contribution is -0.151. The molecule has 0 radical (unpaired) electrons. The van der Waals surface area contributed by atoms with E-state index >= 15 is 0 Å². The zero-order valence-corrected chi connectivity index (χ0v) is 14.7. The number of β-lactam (4-membered cyclic amide) rings is 1. The Labute approximate surface area is 145 Å². The maximum absolute atomic E-state index is 11.9. The zero-order chi connectivity index (χ0) is 15.5. The van der Waals surface area contributed by atoms with Gasteiger partial charge in [-0.1, -0.05) is 28.1 Å². The van der Waals surface area contributed by atoms with Gasteiger partial charge in [-0.3, -0.25) is 9.80 Å². The van der Waals surface area contributed by atoms with Crippen molar-refractivity contribution in [3.8, 4) is 0 Å². The van der Waals surface area contributed by atoms with E-state index in [-0.39, 0.29) is 11.9 Å². The van der Waals surface area contributed by atoms with Crippen LogP contribution in [0.4, 0.5) is 5.13 Å². The fraction of sp³-hybridized carbons (Fsp3) is 0.286. The van der Waals surface area contributed by atoms with Crippen LogP contribution in [0.5, 0.6) is 0 Å². The average Bonchev–Trinajstić information content (AvgIpc) is 3.04. The van der Waals surface area contributed by atoms with Gasteiger partial charge in [-0.05, 0) is 17.7 Å². The summed E-state index contributed by atoms with van der Waals surface area (Å²) in [6, 6.07) is 7.70. The number of carbonyl (C=O) groups excluding carboxylic acids is 1. The van der Waals surface area contributed by atoms with E-state index in [9.17, 15) is 4.79 Å². The molecule has 0 bridgehead atoms. The molecule has 0 aliphatic carbocycles. The number of carbonyl (C=O) groups is 1. The first-order chi connectivity index (χ1) is 10.7. The Morgan fingerprint density at radius 3 is 2.77 bits per heavy atom. The van der Waals surface area contributed by atoms with E-state index in [1.165, 1.54) is 0 Å². The first kappa shape index (κ1) is 15.7. The molecule has 0 saturated carbocycles. The van der Waals surface area contributed by atoms with Crippen molar-refractivity contribution in [3.05, 3.63) is 45.9 Å². The Bertz CT molecular complexity index is 637. The number of amides is 1. The van der Waals surface area contributed by atoms with Gasteiger partial charge in [0.15, 0.2) is 5.13 Å². The van der Waals surface area contributed by atoms with E-state index in [4.69, 9.17) is 11.6 Å². The van der Waals surface area contributed by atoms with E-state index in [0.717, 1.165) is 15.2 Å². The first-order valence-corrected chi connectivity index (χ1v) is 8.87. The van der Waals surface area contributed by atoms with Crippen molar-refractivity contribution < 1.29 is 4.79 Å². The third-order valence-corrected chi connectivity index (χ3v) is 5.04. The number of thiazole rings is 1. The number of benzene rings is 1. The molecule has 1 aromatic carbocycles. The van der Waals surface area contributed by atoms with E-state index < -0.39 is 5.38 Å². The van der Waals surface area contributed by atoms with Gasteiger partial charge >= 0.3 is 0 Å². The Balaban J connectivity index is 1.55. The van der Waals surface area contributed by atoms with Crippen molar-refractivity contribution in [3.63, 3.8) is 0 Å². The number of hydrogen-bond acceptors (Lipinski definition) is 5. The average molecular weight is 402 g/mol. The molecule has 2 heterocycles. The van der Waals surface area contributed by atoms with Gasteiger partial charge in [0.05, 0.1) is 6.04 Å². The molecule has 116 valence electrons. The van der Waals surface area contributed by atoms with Crippen LogP contribution in [0.15, 0.2) is 40.3 Å². The number of halogens is 2. The maximum Gasteiger partial charge on any atom is 0.257 e. The van der Waals surface area contributed by atoms with Gasteiger partial charge in [-0.25, -0.2) is 10.4 Å². The number of alkyl halides is 1. The molecule has 0 spiro atoms. The summed E-state index contributed by atoms with van der Waals surface area (Å²) in [4.78, 5) is 16.1. The van der Waals surface area contributed by atoms with Gasteiger partial charge in [-0.2, -0.15) is 0 Å². The van der Waals surface area contributed by atoms with Crippen molar-refractivity contribution in [2.75, 3.05) is 18.4 Å². The molecule has 1 fully saturated rings. The fourth-order valence-corrected chi connectivity index (χ4v) is 3.45. The zero-order valence-electron chi connectivity index (χ0n) is 11.5. The SMILES string of the molecule is O=C1C(Cl)C(c2ccc(Br)cc2)N1NCCNc1nccs1. The summed E-state index contributed by atoms with van der Waals surface area (Å²) in [7, 11) is 0. The Morgan fingerprint density at radius 2 is 2.09 bits per heavy atom. The van der Waals surface area contributed by atoms with Gasteiger partial charge in [0.1, 0.15) is 5.38 Å². The third kappa shape index (κ3) is 3.27. The lowest BCUT2D eigenvalue weighted by Gasteiger charge is -2.44. The van der Waals surface area contributed by atoms with Crippen LogP contribution in [-0.4, -0.2) is 34.4 Å². The minimum absolute atomic E-state index is 0.0937. The predicted octanol–water partition coefficient (Wildman–Crippen LogP) is 3.01. The van der Waals surface area contributed by atoms with Crippen LogP contribution in [0.25, 0.3) is 0 Å². The van der Waals surface area contributed by atoms with Crippen molar-refractivity contribution in [2.45, 2.75) is 11.4 Å². The summed E-state index contributed by atoms with van der Waals surface area (Å²) >= 11 is 11.1. The number of hydrazine groups is 1.